The van der Waals surface area contributed by atoms with E-state index in [9.17, 15) is 4.79 Å². The molecule has 0 aliphatic carbocycles. The van der Waals surface area contributed by atoms with Crippen molar-refractivity contribution in [2.24, 2.45) is 0 Å². The molecule has 0 saturated carbocycles. The van der Waals surface area contributed by atoms with Crippen LogP contribution in [-0.4, -0.2) is 27.5 Å². The van der Waals surface area contributed by atoms with Crippen LogP contribution in [0.25, 0.3) is 23.4 Å². The summed E-state index contributed by atoms with van der Waals surface area (Å²) in [5.41, 5.74) is 4.85. The van der Waals surface area contributed by atoms with Gasteiger partial charge in [0, 0.05) is 35.5 Å². The van der Waals surface area contributed by atoms with Crippen molar-refractivity contribution in [1.29, 1.82) is 0 Å². The van der Waals surface area contributed by atoms with Crippen molar-refractivity contribution in [3.8, 4) is 17.0 Å². The predicted molar refractivity (Wildman–Crippen MR) is 147 cm³/mol. The van der Waals surface area contributed by atoms with Crippen LogP contribution in [-0.2, 0) is 4.79 Å². The van der Waals surface area contributed by atoms with E-state index in [1.54, 1.807) is 48.9 Å². The minimum absolute atomic E-state index is 0.127. The molecule has 2 aromatic heterocycles. The van der Waals surface area contributed by atoms with Gasteiger partial charge >= 0.3 is 0 Å². The van der Waals surface area contributed by atoms with Crippen LogP contribution in [0.15, 0.2) is 92.4 Å². The van der Waals surface area contributed by atoms with Crippen molar-refractivity contribution in [3.05, 3.63) is 104 Å². The predicted octanol–water partition coefficient (Wildman–Crippen LogP) is 6.61. The number of benzene rings is 2. The number of carbonyl (C=O) groups is 1. The summed E-state index contributed by atoms with van der Waals surface area (Å²) in [5, 5.41) is 6.00. The summed E-state index contributed by atoms with van der Waals surface area (Å²) in [6.07, 6.45) is 8.61. The lowest BCUT2D eigenvalue weighted by atomic mass is 10.1. The van der Waals surface area contributed by atoms with Gasteiger partial charge in [-0.2, -0.15) is 0 Å². The molecule has 4 aromatic rings. The Labute approximate surface area is 211 Å². The van der Waals surface area contributed by atoms with E-state index in [0.717, 1.165) is 28.1 Å². The summed E-state index contributed by atoms with van der Waals surface area (Å²) in [5.74, 6) is 0.741. The van der Waals surface area contributed by atoms with Gasteiger partial charge in [-0.05, 0) is 59.7 Å². The number of nitrogens with zero attached hydrogens (tertiary/aromatic N) is 3. The third-order valence-corrected chi connectivity index (χ3v) is 4.88. The highest BCUT2D eigenvalue weighted by Crippen LogP contribution is 2.22. The van der Waals surface area contributed by atoms with Crippen LogP contribution in [0.3, 0.4) is 0 Å². The number of amides is 1. The fourth-order valence-corrected chi connectivity index (χ4v) is 3.25. The van der Waals surface area contributed by atoms with Gasteiger partial charge in [0.25, 0.3) is 5.91 Å². The first-order chi connectivity index (χ1) is 17.6. The lowest BCUT2D eigenvalue weighted by molar-refractivity contribution is -0.118. The van der Waals surface area contributed by atoms with Crippen LogP contribution in [0.1, 0.15) is 25.0 Å². The first-order valence-electron chi connectivity index (χ1n) is 11.6. The molecule has 0 aliphatic rings. The molecule has 0 unspecified atom stereocenters. The summed E-state index contributed by atoms with van der Waals surface area (Å²) in [4.78, 5) is 25.3. The van der Waals surface area contributed by atoms with Gasteiger partial charge in [0.1, 0.15) is 5.75 Å². The van der Waals surface area contributed by atoms with E-state index in [1.165, 1.54) is 0 Å². The molecule has 0 fully saturated rings. The van der Waals surface area contributed by atoms with Gasteiger partial charge in [0.05, 0.1) is 5.69 Å². The Morgan fingerprint density at radius 1 is 0.944 bits per heavy atom. The van der Waals surface area contributed by atoms with Crippen molar-refractivity contribution in [2.45, 2.75) is 13.8 Å². The third kappa shape index (κ3) is 7.11. The molecule has 182 valence electrons. The molecule has 0 saturated heterocycles. The molecule has 2 aromatic carbocycles. The normalized spacial score (nSPS) is 9.83. The third-order valence-electron chi connectivity index (χ3n) is 4.88. The number of anilines is 3. The minimum Gasteiger partial charge on any atom is -0.484 e. The molecular formula is C29H29N5O2. The highest BCUT2D eigenvalue weighted by atomic mass is 16.5. The average molecular weight is 480 g/mol. The number of carbonyl (C=O) groups excluding carboxylic acids is 1. The maximum absolute atomic E-state index is 12.4. The topological polar surface area (TPSA) is 89.0 Å². The molecule has 1 amide bonds. The lowest BCUT2D eigenvalue weighted by Gasteiger charge is -2.11. The largest absolute Gasteiger partial charge is 0.484 e. The number of hydrogen-bond acceptors (Lipinski definition) is 6. The molecule has 0 spiro atoms. The van der Waals surface area contributed by atoms with Crippen LogP contribution >= 0.6 is 0 Å². The van der Waals surface area contributed by atoms with Gasteiger partial charge in [-0.1, -0.05) is 51.3 Å². The summed E-state index contributed by atoms with van der Waals surface area (Å²) in [6.45, 7) is 11.4. The molecule has 4 rings (SSSR count). The Morgan fingerprint density at radius 3 is 2.50 bits per heavy atom. The van der Waals surface area contributed by atoms with Crippen molar-refractivity contribution >= 4 is 35.4 Å². The molecule has 36 heavy (non-hydrogen) atoms. The number of nitrogens with one attached hydrogen (secondary N) is 2. The fraction of sp³-hybridized carbons (Fsp3) is 0.103. The van der Waals surface area contributed by atoms with Crippen molar-refractivity contribution in [3.63, 3.8) is 0 Å². The van der Waals surface area contributed by atoms with E-state index in [-0.39, 0.29) is 12.5 Å². The van der Waals surface area contributed by atoms with E-state index in [1.807, 2.05) is 56.3 Å². The average Bonchev–Trinajstić information content (AvgIpc) is 2.93. The van der Waals surface area contributed by atoms with Gasteiger partial charge in [-0.3, -0.25) is 9.78 Å². The first-order valence-corrected chi connectivity index (χ1v) is 11.6. The minimum atomic E-state index is -0.278. The second kappa shape index (κ2) is 13.2. The SMILES string of the molecule is C=Cc1ccc(OCC(=O)Nc2cccc(Nc3nccc(-c4cccnc4)n3)c2)cc1C=C.CC. The Balaban J connectivity index is 0.00000176. The van der Waals surface area contributed by atoms with Gasteiger partial charge in [0.15, 0.2) is 6.61 Å². The molecule has 0 bridgehead atoms. The van der Waals surface area contributed by atoms with Crippen molar-refractivity contribution in [2.75, 3.05) is 17.2 Å². The Hall–Kier alpha value is -4.78. The maximum atomic E-state index is 12.4. The highest BCUT2D eigenvalue weighted by molar-refractivity contribution is 5.92. The molecule has 0 aliphatic heterocycles. The van der Waals surface area contributed by atoms with Crippen LogP contribution < -0.4 is 15.4 Å². The van der Waals surface area contributed by atoms with Crippen LogP contribution in [0.2, 0.25) is 0 Å². The summed E-state index contributed by atoms with van der Waals surface area (Å²) < 4.78 is 5.63. The smallest absolute Gasteiger partial charge is 0.262 e. The number of ether oxygens (including phenoxy) is 1. The lowest BCUT2D eigenvalue weighted by Crippen LogP contribution is -2.20. The Morgan fingerprint density at radius 2 is 1.75 bits per heavy atom. The zero-order chi connectivity index (χ0) is 25.8. The number of rotatable bonds is 9. The van der Waals surface area contributed by atoms with E-state index in [2.05, 4.69) is 38.7 Å². The molecule has 7 nitrogen and oxygen atoms in total. The number of pyridine rings is 1. The quantitative estimate of drug-likeness (QED) is 0.281. The van der Waals surface area contributed by atoms with E-state index in [4.69, 9.17) is 4.74 Å². The summed E-state index contributed by atoms with van der Waals surface area (Å²) in [7, 11) is 0. The summed E-state index contributed by atoms with van der Waals surface area (Å²) >= 11 is 0. The maximum Gasteiger partial charge on any atom is 0.262 e. The fourth-order valence-electron chi connectivity index (χ4n) is 3.25. The number of hydrogen-bond donors (Lipinski definition) is 2. The molecule has 0 atom stereocenters. The van der Waals surface area contributed by atoms with E-state index < -0.39 is 0 Å². The van der Waals surface area contributed by atoms with Crippen LogP contribution in [0.4, 0.5) is 17.3 Å². The van der Waals surface area contributed by atoms with E-state index in [0.29, 0.717) is 17.4 Å². The second-order valence-electron chi connectivity index (χ2n) is 7.25. The monoisotopic (exact) mass is 479 g/mol. The summed E-state index contributed by atoms with van der Waals surface area (Å²) in [6, 6.07) is 18.4. The van der Waals surface area contributed by atoms with Gasteiger partial charge in [-0.25, -0.2) is 9.97 Å². The highest BCUT2D eigenvalue weighted by Gasteiger charge is 2.07. The zero-order valence-electron chi connectivity index (χ0n) is 20.4. The number of aromatic nitrogens is 3. The first kappa shape index (κ1) is 25.8. The van der Waals surface area contributed by atoms with Gasteiger partial charge < -0.3 is 15.4 Å². The van der Waals surface area contributed by atoms with Crippen molar-refractivity contribution in [1.82, 2.24) is 15.0 Å². The standard InChI is InChI=1S/C27H23N5O2.C2H6/c1-3-19-10-11-24(15-20(19)4-2)34-18-26(33)30-22-8-5-9-23(16-22)31-27-29-14-12-25(32-27)21-7-6-13-28-17-21;1-2/h3-17H,1-2,18H2,(H,30,33)(H,29,31,32);1-2H3. The Bertz CT molecular complexity index is 1320. The van der Waals surface area contributed by atoms with Gasteiger partial charge in [-0.15, -0.1) is 0 Å². The van der Waals surface area contributed by atoms with Crippen LogP contribution in [0.5, 0.6) is 5.75 Å². The molecule has 0 radical (unpaired) electrons. The molecule has 7 heteroatoms. The van der Waals surface area contributed by atoms with E-state index >= 15 is 0 Å². The molecular weight excluding hydrogens is 450 g/mol. The van der Waals surface area contributed by atoms with Crippen LogP contribution in [0, 0.1) is 0 Å². The van der Waals surface area contributed by atoms with Gasteiger partial charge in [0.2, 0.25) is 5.95 Å². The van der Waals surface area contributed by atoms with Crippen molar-refractivity contribution < 1.29 is 9.53 Å². The molecule has 2 N–H and O–H groups in total. The zero-order valence-corrected chi connectivity index (χ0v) is 20.4. The molecule has 2 heterocycles. The Kier molecular flexibility index (Phi) is 9.47. The second-order valence-corrected chi connectivity index (χ2v) is 7.25.